The van der Waals surface area contributed by atoms with E-state index >= 15 is 0 Å². The molecule has 0 radical (unpaired) electrons. The number of furan rings is 1. The summed E-state index contributed by atoms with van der Waals surface area (Å²) in [6, 6.07) is 51.7. The van der Waals surface area contributed by atoms with Gasteiger partial charge in [0, 0.05) is 23.3 Å². The highest BCUT2D eigenvalue weighted by Crippen LogP contribution is 2.44. The Morgan fingerprint density at radius 3 is 1.88 bits per heavy atom. The Hall–Kier alpha value is -5.54. The summed E-state index contributed by atoms with van der Waals surface area (Å²) in [6.07, 6.45) is 2.26. The van der Waals surface area contributed by atoms with Gasteiger partial charge in [-0.3, -0.25) is 0 Å². The van der Waals surface area contributed by atoms with Crippen LogP contribution in [0.2, 0.25) is 0 Å². The molecule has 1 aliphatic rings. The highest BCUT2D eigenvalue weighted by Gasteiger charge is 2.26. The van der Waals surface area contributed by atoms with Gasteiger partial charge in [0.25, 0.3) is 0 Å². The second-order valence-electron chi connectivity index (χ2n) is 10.6. The third-order valence-electron chi connectivity index (χ3n) is 8.09. The Morgan fingerprint density at radius 1 is 0.524 bits per heavy atom. The van der Waals surface area contributed by atoms with E-state index in [2.05, 4.69) is 150 Å². The van der Waals surface area contributed by atoms with Crippen LogP contribution in [-0.4, -0.2) is 6.54 Å². The van der Waals surface area contributed by atoms with Gasteiger partial charge in [0.1, 0.15) is 5.58 Å². The van der Waals surface area contributed by atoms with E-state index in [0.29, 0.717) is 6.54 Å². The predicted molar refractivity (Wildman–Crippen MR) is 176 cm³/mol. The van der Waals surface area contributed by atoms with Crippen molar-refractivity contribution in [1.82, 2.24) is 0 Å². The SMILES string of the molecule is C1=C(N(c2ccc(-c3ccccc3)cc2)c2ccc(-c3ccc4ccccc4c3)cc2)c2c(oc3ccccc23)NC1. The maximum atomic E-state index is 6.25. The van der Waals surface area contributed by atoms with E-state index in [1.54, 1.807) is 0 Å². The lowest BCUT2D eigenvalue weighted by Gasteiger charge is -2.30. The molecule has 3 heteroatoms. The highest BCUT2D eigenvalue weighted by molar-refractivity contribution is 6.03. The number of para-hydroxylation sites is 1. The maximum Gasteiger partial charge on any atom is 0.203 e. The lowest BCUT2D eigenvalue weighted by Crippen LogP contribution is -2.20. The minimum atomic E-state index is 0.690. The van der Waals surface area contributed by atoms with Crippen LogP contribution in [0.3, 0.4) is 0 Å². The van der Waals surface area contributed by atoms with Gasteiger partial charge in [-0.2, -0.15) is 0 Å². The molecule has 0 atom stereocenters. The molecule has 1 aromatic heterocycles. The summed E-state index contributed by atoms with van der Waals surface area (Å²) in [6.45, 7) is 0.690. The summed E-state index contributed by atoms with van der Waals surface area (Å²) in [4.78, 5) is 2.35. The Bertz CT molecular complexity index is 2070. The van der Waals surface area contributed by atoms with Gasteiger partial charge in [-0.05, 0) is 75.5 Å². The summed E-state index contributed by atoms with van der Waals surface area (Å²) < 4.78 is 6.25. The molecule has 200 valence electrons. The van der Waals surface area contributed by atoms with Gasteiger partial charge in [-0.25, -0.2) is 0 Å². The third kappa shape index (κ3) is 4.23. The van der Waals surface area contributed by atoms with E-state index in [9.17, 15) is 0 Å². The van der Waals surface area contributed by atoms with E-state index < -0.39 is 0 Å². The van der Waals surface area contributed by atoms with Crippen LogP contribution in [0.15, 0.2) is 156 Å². The number of rotatable bonds is 5. The average Bonchev–Trinajstić information content (AvgIpc) is 3.45. The summed E-state index contributed by atoms with van der Waals surface area (Å²) in [5, 5.41) is 7.05. The van der Waals surface area contributed by atoms with Crippen molar-refractivity contribution in [2.24, 2.45) is 0 Å². The lowest BCUT2D eigenvalue weighted by molar-refractivity contribution is 0.627. The first-order valence-electron chi connectivity index (χ1n) is 14.3. The smallest absolute Gasteiger partial charge is 0.203 e. The summed E-state index contributed by atoms with van der Waals surface area (Å²) in [5.41, 5.74) is 10.1. The fraction of sp³-hybridized carbons (Fsp3) is 0.0256. The highest BCUT2D eigenvalue weighted by atomic mass is 16.3. The molecule has 0 unspecified atom stereocenters. The Balaban J connectivity index is 1.24. The van der Waals surface area contributed by atoms with Crippen LogP contribution >= 0.6 is 0 Å². The Kier molecular flexibility index (Phi) is 5.86. The molecule has 0 fully saturated rings. The molecular weight excluding hydrogens is 512 g/mol. The van der Waals surface area contributed by atoms with E-state index in [0.717, 1.165) is 39.5 Å². The number of benzene rings is 6. The summed E-state index contributed by atoms with van der Waals surface area (Å²) in [5.74, 6) is 0.812. The first-order chi connectivity index (χ1) is 20.8. The number of hydrogen-bond acceptors (Lipinski definition) is 3. The first kappa shape index (κ1) is 24.3. The lowest BCUT2D eigenvalue weighted by atomic mass is 10.00. The van der Waals surface area contributed by atoms with Gasteiger partial charge in [0.15, 0.2) is 0 Å². The molecule has 6 aromatic carbocycles. The first-order valence-corrected chi connectivity index (χ1v) is 14.3. The van der Waals surface area contributed by atoms with E-state index in [1.165, 1.54) is 33.0 Å². The van der Waals surface area contributed by atoms with Gasteiger partial charge in [-0.1, -0.05) is 109 Å². The fourth-order valence-electron chi connectivity index (χ4n) is 6.00. The third-order valence-corrected chi connectivity index (χ3v) is 8.09. The van der Waals surface area contributed by atoms with Crippen molar-refractivity contribution in [3.8, 4) is 22.3 Å². The van der Waals surface area contributed by atoms with Crippen molar-refractivity contribution in [3.05, 3.63) is 157 Å². The zero-order chi connectivity index (χ0) is 27.9. The van der Waals surface area contributed by atoms with Gasteiger partial charge in [0.2, 0.25) is 5.88 Å². The largest absolute Gasteiger partial charge is 0.440 e. The quantitative estimate of drug-likeness (QED) is 0.235. The summed E-state index contributed by atoms with van der Waals surface area (Å²) in [7, 11) is 0. The van der Waals surface area contributed by atoms with Crippen molar-refractivity contribution in [1.29, 1.82) is 0 Å². The molecule has 0 aliphatic carbocycles. The number of nitrogens with one attached hydrogen (secondary N) is 1. The minimum Gasteiger partial charge on any atom is -0.440 e. The molecule has 2 heterocycles. The number of fused-ring (bicyclic) bond motifs is 4. The second kappa shape index (κ2) is 10.1. The maximum absolute atomic E-state index is 6.25. The predicted octanol–water partition coefficient (Wildman–Crippen LogP) is 10.5. The zero-order valence-corrected chi connectivity index (χ0v) is 23.0. The van der Waals surface area contributed by atoms with Crippen LogP contribution in [-0.2, 0) is 0 Å². The minimum absolute atomic E-state index is 0.690. The molecule has 1 N–H and O–H groups in total. The van der Waals surface area contributed by atoms with Crippen molar-refractivity contribution in [2.45, 2.75) is 0 Å². The van der Waals surface area contributed by atoms with Gasteiger partial charge < -0.3 is 14.6 Å². The van der Waals surface area contributed by atoms with Crippen molar-refractivity contribution < 1.29 is 4.42 Å². The molecular formula is C39H28N2O. The van der Waals surface area contributed by atoms with Gasteiger partial charge >= 0.3 is 0 Å². The molecule has 1 aliphatic heterocycles. The summed E-state index contributed by atoms with van der Waals surface area (Å²) >= 11 is 0. The van der Waals surface area contributed by atoms with E-state index in [-0.39, 0.29) is 0 Å². The standard InChI is InChI=1S/C39H28N2O/c1-2-8-27(9-3-1)29-16-20-33(21-17-29)41(36-24-25-40-39-38(36)35-12-6-7-13-37(35)42-39)34-22-18-30(19-23-34)32-15-14-28-10-4-5-11-31(28)26-32/h1-24,26,40H,25H2. The van der Waals surface area contributed by atoms with Crippen LogP contribution in [0.5, 0.6) is 0 Å². The molecule has 0 spiro atoms. The fourth-order valence-corrected chi connectivity index (χ4v) is 6.00. The van der Waals surface area contributed by atoms with Crippen molar-refractivity contribution >= 4 is 44.7 Å². The number of hydrogen-bond donors (Lipinski definition) is 1. The van der Waals surface area contributed by atoms with Crippen LogP contribution < -0.4 is 10.2 Å². The van der Waals surface area contributed by atoms with E-state index in [1.807, 2.05) is 12.1 Å². The molecule has 0 saturated carbocycles. The molecule has 42 heavy (non-hydrogen) atoms. The molecule has 3 nitrogen and oxygen atoms in total. The topological polar surface area (TPSA) is 28.4 Å². The normalized spacial score (nSPS) is 12.5. The van der Waals surface area contributed by atoms with Crippen molar-refractivity contribution in [2.75, 3.05) is 16.8 Å². The molecule has 0 bridgehead atoms. The van der Waals surface area contributed by atoms with Crippen LogP contribution in [0.1, 0.15) is 5.56 Å². The zero-order valence-electron chi connectivity index (χ0n) is 23.0. The monoisotopic (exact) mass is 540 g/mol. The molecule has 0 saturated heterocycles. The van der Waals surface area contributed by atoms with Crippen LogP contribution in [0, 0.1) is 0 Å². The Labute approximate surface area is 245 Å². The van der Waals surface area contributed by atoms with Gasteiger partial charge in [0.05, 0.1) is 11.3 Å². The van der Waals surface area contributed by atoms with Crippen LogP contribution in [0.25, 0.3) is 49.7 Å². The molecule has 0 amide bonds. The number of nitrogens with zero attached hydrogens (tertiary/aromatic N) is 1. The van der Waals surface area contributed by atoms with E-state index in [4.69, 9.17) is 4.42 Å². The van der Waals surface area contributed by atoms with Crippen molar-refractivity contribution in [3.63, 3.8) is 0 Å². The molecule has 7 aromatic rings. The Morgan fingerprint density at radius 2 is 1.12 bits per heavy atom. The van der Waals surface area contributed by atoms with Gasteiger partial charge in [-0.15, -0.1) is 0 Å². The average molecular weight is 541 g/mol. The molecule has 8 rings (SSSR count). The second-order valence-corrected chi connectivity index (χ2v) is 10.6. The number of anilines is 3. The van der Waals surface area contributed by atoms with Crippen LogP contribution in [0.4, 0.5) is 17.3 Å².